The quantitative estimate of drug-likeness (QED) is 0.770. The van der Waals surface area contributed by atoms with Crippen LogP contribution < -0.4 is 5.32 Å². The predicted molar refractivity (Wildman–Crippen MR) is 69.2 cm³/mol. The number of rotatable bonds is 5. The number of carbonyl (C=O) groups is 2. The molecule has 106 valence electrons. The first kappa shape index (κ1) is 16.7. The lowest BCUT2D eigenvalue weighted by molar-refractivity contribution is -0.146. The molecule has 1 N–H and O–H groups in total. The second kappa shape index (κ2) is 7.24. The molecule has 0 unspecified atom stereocenters. The maximum Gasteiger partial charge on any atom is 0.408 e. The normalized spacial score (nSPS) is 13.1. The molecule has 0 saturated heterocycles. The van der Waals surface area contributed by atoms with Crippen LogP contribution in [0.1, 0.15) is 48.0 Å². The van der Waals surface area contributed by atoms with Gasteiger partial charge in [-0.15, -0.1) is 0 Å². The van der Waals surface area contributed by atoms with Crippen LogP contribution >= 0.6 is 0 Å². The number of hydrogen-bond donors (Lipinski definition) is 1. The van der Waals surface area contributed by atoms with Gasteiger partial charge in [0.2, 0.25) is 0 Å². The lowest BCUT2D eigenvalue weighted by Crippen LogP contribution is -2.44. The summed E-state index contributed by atoms with van der Waals surface area (Å²) in [6.07, 6.45) is -0.0702. The molecular formula is C13H25NO4. The van der Waals surface area contributed by atoms with Gasteiger partial charge in [-0.3, -0.25) is 0 Å². The van der Waals surface area contributed by atoms with E-state index >= 15 is 0 Å². The van der Waals surface area contributed by atoms with E-state index in [0.717, 1.165) is 0 Å². The summed E-state index contributed by atoms with van der Waals surface area (Å²) in [5.74, 6) is -0.147. The van der Waals surface area contributed by atoms with E-state index in [1.54, 1.807) is 27.7 Å². The summed E-state index contributed by atoms with van der Waals surface area (Å²) >= 11 is 0. The van der Waals surface area contributed by atoms with Crippen molar-refractivity contribution in [1.29, 1.82) is 0 Å². The smallest absolute Gasteiger partial charge is 0.408 e. The van der Waals surface area contributed by atoms with E-state index in [1.807, 2.05) is 13.8 Å². The first-order chi connectivity index (χ1) is 8.15. The lowest BCUT2D eigenvalue weighted by Gasteiger charge is -2.23. The monoisotopic (exact) mass is 259 g/mol. The zero-order valence-corrected chi connectivity index (χ0v) is 12.2. The fourth-order valence-corrected chi connectivity index (χ4v) is 1.38. The van der Waals surface area contributed by atoms with Crippen molar-refractivity contribution in [2.24, 2.45) is 5.92 Å². The SMILES string of the molecule is CCOC(=O)[C@@H](CC(C)C)NC(=O)OC(C)(C)C. The van der Waals surface area contributed by atoms with Gasteiger partial charge in [-0.1, -0.05) is 13.8 Å². The Kier molecular flexibility index (Phi) is 6.73. The van der Waals surface area contributed by atoms with Crippen LogP contribution in [0.5, 0.6) is 0 Å². The van der Waals surface area contributed by atoms with Crippen LogP contribution in [-0.4, -0.2) is 30.3 Å². The molecule has 0 aromatic carbocycles. The molecule has 0 radical (unpaired) electrons. The van der Waals surface area contributed by atoms with E-state index in [9.17, 15) is 9.59 Å². The van der Waals surface area contributed by atoms with E-state index in [4.69, 9.17) is 9.47 Å². The predicted octanol–water partition coefficient (Wildman–Crippen LogP) is 2.49. The molecule has 18 heavy (non-hydrogen) atoms. The summed E-state index contributed by atoms with van der Waals surface area (Å²) < 4.78 is 10.0. The Morgan fingerprint density at radius 2 is 1.78 bits per heavy atom. The van der Waals surface area contributed by atoms with Crippen molar-refractivity contribution in [2.45, 2.75) is 59.6 Å². The third-order valence-corrected chi connectivity index (χ3v) is 1.97. The van der Waals surface area contributed by atoms with Gasteiger partial charge in [0, 0.05) is 0 Å². The van der Waals surface area contributed by atoms with Crippen molar-refractivity contribution in [3.63, 3.8) is 0 Å². The fraction of sp³-hybridized carbons (Fsp3) is 0.846. The number of alkyl carbamates (subject to hydrolysis) is 1. The summed E-state index contributed by atoms with van der Waals surface area (Å²) in [5, 5.41) is 2.55. The van der Waals surface area contributed by atoms with Gasteiger partial charge in [-0.25, -0.2) is 9.59 Å². The van der Waals surface area contributed by atoms with Gasteiger partial charge in [0.1, 0.15) is 11.6 Å². The lowest BCUT2D eigenvalue weighted by atomic mass is 10.0. The highest BCUT2D eigenvalue weighted by molar-refractivity contribution is 5.81. The maximum absolute atomic E-state index is 11.7. The molecule has 0 aromatic heterocycles. The Hall–Kier alpha value is -1.26. The highest BCUT2D eigenvalue weighted by Crippen LogP contribution is 2.10. The van der Waals surface area contributed by atoms with Crippen LogP contribution in [0.2, 0.25) is 0 Å². The molecule has 0 aliphatic carbocycles. The van der Waals surface area contributed by atoms with Crippen LogP contribution in [0.15, 0.2) is 0 Å². The molecule has 0 saturated carbocycles. The minimum Gasteiger partial charge on any atom is -0.464 e. The van der Waals surface area contributed by atoms with Gasteiger partial charge in [0.05, 0.1) is 6.61 Å². The van der Waals surface area contributed by atoms with E-state index in [2.05, 4.69) is 5.32 Å². The number of amides is 1. The summed E-state index contributed by atoms with van der Waals surface area (Å²) in [6.45, 7) is 11.3. The molecule has 1 amide bonds. The number of nitrogens with one attached hydrogen (secondary N) is 1. The topological polar surface area (TPSA) is 64.6 Å². The zero-order chi connectivity index (χ0) is 14.3. The number of carbonyl (C=O) groups excluding carboxylic acids is 2. The van der Waals surface area contributed by atoms with E-state index < -0.39 is 23.7 Å². The maximum atomic E-state index is 11.7. The Morgan fingerprint density at radius 3 is 2.17 bits per heavy atom. The van der Waals surface area contributed by atoms with Gasteiger partial charge in [0.25, 0.3) is 0 Å². The van der Waals surface area contributed by atoms with Crippen molar-refractivity contribution >= 4 is 12.1 Å². The summed E-state index contributed by atoms with van der Waals surface area (Å²) in [7, 11) is 0. The largest absolute Gasteiger partial charge is 0.464 e. The van der Waals surface area contributed by atoms with Crippen LogP contribution in [0.4, 0.5) is 4.79 Å². The molecule has 0 aliphatic heterocycles. The Morgan fingerprint density at radius 1 is 1.22 bits per heavy atom. The molecule has 0 bridgehead atoms. The molecule has 0 fully saturated rings. The average Bonchev–Trinajstić information content (AvgIpc) is 2.13. The van der Waals surface area contributed by atoms with Gasteiger partial charge in [0.15, 0.2) is 0 Å². The molecule has 0 aromatic rings. The van der Waals surface area contributed by atoms with Crippen LogP contribution in [0.25, 0.3) is 0 Å². The summed E-state index contributed by atoms with van der Waals surface area (Å²) in [5.41, 5.74) is -0.582. The van der Waals surface area contributed by atoms with E-state index in [-0.39, 0.29) is 5.92 Å². The van der Waals surface area contributed by atoms with Crippen molar-refractivity contribution in [3.8, 4) is 0 Å². The van der Waals surface area contributed by atoms with Crippen molar-refractivity contribution < 1.29 is 19.1 Å². The second-order valence-electron chi connectivity index (χ2n) is 5.58. The Balaban J connectivity index is 4.49. The van der Waals surface area contributed by atoms with Crippen LogP contribution in [0, 0.1) is 5.92 Å². The van der Waals surface area contributed by atoms with Crippen LogP contribution in [-0.2, 0) is 14.3 Å². The standard InChI is InChI=1S/C13H25NO4/c1-7-17-11(15)10(8-9(2)3)14-12(16)18-13(4,5)6/h9-10H,7-8H2,1-6H3,(H,14,16)/t10-/m1/s1. The highest BCUT2D eigenvalue weighted by atomic mass is 16.6. The zero-order valence-electron chi connectivity index (χ0n) is 12.2. The van der Waals surface area contributed by atoms with Crippen molar-refractivity contribution in [1.82, 2.24) is 5.32 Å². The number of ether oxygens (including phenoxy) is 2. The molecule has 0 aliphatic rings. The molecule has 0 heterocycles. The molecule has 0 spiro atoms. The molecule has 5 nitrogen and oxygen atoms in total. The van der Waals surface area contributed by atoms with Gasteiger partial charge >= 0.3 is 12.1 Å². The van der Waals surface area contributed by atoms with Gasteiger partial charge in [-0.2, -0.15) is 0 Å². The van der Waals surface area contributed by atoms with Gasteiger partial charge < -0.3 is 14.8 Å². The first-order valence-corrected chi connectivity index (χ1v) is 6.31. The van der Waals surface area contributed by atoms with Crippen molar-refractivity contribution in [3.05, 3.63) is 0 Å². The van der Waals surface area contributed by atoms with E-state index in [1.165, 1.54) is 0 Å². The fourth-order valence-electron chi connectivity index (χ4n) is 1.38. The van der Waals surface area contributed by atoms with Crippen LogP contribution in [0.3, 0.4) is 0 Å². The summed E-state index contributed by atoms with van der Waals surface area (Å²) in [6, 6.07) is -0.653. The molecule has 5 heteroatoms. The third kappa shape index (κ3) is 7.92. The third-order valence-electron chi connectivity index (χ3n) is 1.97. The van der Waals surface area contributed by atoms with Crippen molar-refractivity contribution in [2.75, 3.05) is 6.61 Å². The minimum atomic E-state index is -0.653. The molecule has 1 atom stereocenters. The average molecular weight is 259 g/mol. The number of hydrogen-bond acceptors (Lipinski definition) is 4. The molecular weight excluding hydrogens is 234 g/mol. The Labute approximate surface area is 109 Å². The summed E-state index contributed by atoms with van der Waals surface area (Å²) in [4.78, 5) is 23.3. The minimum absolute atomic E-state index is 0.273. The number of esters is 1. The Bertz CT molecular complexity index is 281. The highest BCUT2D eigenvalue weighted by Gasteiger charge is 2.25. The second-order valence-corrected chi connectivity index (χ2v) is 5.58. The molecule has 0 rings (SSSR count). The van der Waals surface area contributed by atoms with Gasteiger partial charge in [-0.05, 0) is 40.0 Å². The first-order valence-electron chi connectivity index (χ1n) is 6.31. The van der Waals surface area contributed by atoms with E-state index in [0.29, 0.717) is 13.0 Å².